The highest BCUT2D eigenvalue weighted by atomic mass is 16.6. The quantitative estimate of drug-likeness (QED) is 0.517. The number of hydrogen-bond donors (Lipinski definition) is 0. The Kier molecular flexibility index (Phi) is 4.28. The van der Waals surface area contributed by atoms with Crippen LogP contribution >= 0.6 is 0 Å². The summed E-state index contributed by atoms with van der Waals surface area (Å²) < 4.78 is 22.7. The molecule has 3 saturated carbocycles. The van der Waals surface area contributed by atoms with E-state index in [0.29, 0.717) is 31.4 Å². The molecule has 1 spiro atoms. The number of ether oxygens (including phenoxy) is 3. The van der Waals surface area contributed by atoms with Gasteiger partial charge in [0.25, 0.3) is 0 Å². The van der Waals surface area contributed by atoms with Crippen LogP contribution in [0.4, 0.5) is 0 Å². The molecule has 0 radical (unpaired) electrons. The third-order valence-corrected chi connectivity index (χ3v) is 8.75. The molecule has 8 heteroatoms. The molecule has 3 aliphatic carbocycles. The Morgan fingerprint density at radius 3 is 2.41 bits per heavy atom. The lowest BCUT2D eigenvalue weighted by atomic mass is 9.42. The third kappa shape index (κ3) is 2.49. The number of carbonyl (C=O) groups excluding carboxylic acids is 4. The van der Waals surface area contributed by atoms with Gasteiger partial charge in [-0.05, 0) is 30.4 Å². The summed E-state index contributed by atoms with van der Waals surface area (Å²) in [5.74, 6) is -1.59. The van der Waals surface area contributed by atoms with Gasteiger partial charge in [0, 0.05) is 44.4 Å². The molecule has 4 aliphatic rings. The summed E-state index contributed by atoms with van der Waals surface area (Å²) >= 11 is 0. The number of furan rings is 1. The first kappa shape index (κ1) is 21.2. The van der Waals surface area contributed by atoms with Crippen LogP contribution in [0.15, 0.2) is 22.8 Å². The van der Waals surface area contributed by atoms with Gasteiger partial charge in [-0.25, -0.2) is 0 Å². The SMILES string of the molecule is CC(=O)O[C@H]1C[C@@H](OC(C)=O)[C@]2(C)CC[C@@]34C[C@@](c5ccco5)(C[C@]3(C)[C@H]2C1=O)OC4=O. The molecule has 5 rings (SSSR count). The molecule has 7 atom stereocenters. The Hall–Kier alpha value is -2.64. The van der Waals surface area contributed by atoms with Crippen LogP contribution in [0.2, 0.25) is 0 Å². The van der Waals surface area contributed by atoms with Crippen molar-refractivity contribution in [1.29, 1.82) is 0 Å². The highest BCUT2D eigenvalue weighted by molar-refractivity contribution is 5.93. The van der Waals surface area contributed by atoms with E-state index in [4.69, 9.17) is 18.6 Å². The Bertz CT molecular complexity index is 1010. The van der Waals surface area contributed by atoms with Crippen molar-refractivity contribution in [2.45, 2.75) is 77.6 Å². The molecular formula is C24H28O8. The first-order chi connectivity index (χ1) is 15.0. The van der Waals surface area contributed by atoms with Crippen LogP contribution in [-0.2, 0) is 39.0 Å². The highest BCUT2D eigenvalue weighted by Gasteiger charge is 2.81. The summed E-state index contributed by atoms with van der Waals surface area (Å²) in [6.45, 7) is 6.52. The summed E-state index contributed by atoms with van der Waals surface area (Å²) in [4.78, 5) is 50.9. The van der Waals surface area contributed by atoms with Crippen molar-refractivity contribution in [3.63, 3.8) is 0 Å². The smallest absolute Gasteiger partial charge is 0.313 e. The third-order valence-electron chi connectivity index (χ3n) is 8.75. The Morgan fingerprint density at radius 2 is 1.78 bits per heavy atom. The second-order valence-electron chi connectivity index (χ2n) is 10.5. The lowest BCUT2D eigenvalue weighted by molar-refractivity contribution is -0.221. The first-order valence-electron chi connectivity index (χ1n) is 11.1. The number of ketones is 1. The van der Waals surface area contributed by atoms with Crippen LogP contribution in [0.5, 0.6) is 0 Å². The Balaban J connectivity index is 1.64. The van der Waals surface area contributed by atoms with Crippen molar-refractivity contribution in [3.8, 4) is 0 Å². The average molecular weight is 444 g/mol. The number of esters is 3. The number of Topliss-reactive ketones (excluding diaryl/α,β-unsaturated/α-hetero) is 1. The van der Waals surface area contributed by atoms with Crippen molar-refractivity contribution in [2.24, 2.45) is 22.2 Å². The fourth-order valence-electron chi connectivity index (χ4n) is 7.58. The van der Waals surface area contributed by atoms with Gasteiger partial charge < -0.3 is 18.6 Å². The topological polar surface area (TPSA) is 109 Å². The van der Waals surface area contributed by atoms with Crippen LogP contribution < -0.4 is 0 Å². The van der Waals surface area contributed by atoms with E-state index in [9.17, 15) is 19.2 Å². The molecule has 172 valence electrons. The number of fused-ring (bicyclic) bond motifs is 3. The maximum absolute atomic E-state index is 13.9. The van der Waals surface area contributed by atoms with Crippen molar-refractivity contribution in [2.75, 3.05) is 0 Å². The summed E-state index contributed by atoms with van der Waals surface area (Å²) in [5.41, 5.74) is -3.23. The van der Waals surface area contributed by atoms with E-state index in [1.165, 1.54) is 13.8 Å². The molecule has 2 heterocycles. The molecule has 0 aromatic carbocycles. The van der Waals surface area contributed by atoms with Crippen molar-refractivity contribution >= 4 is 23.7 Å². The molecule has 8 nitrogen and oxygen atoms in total. The van der Waals surface area contributed by atoms with E-state index in [2.05, 4.69) is 0 Å². The lowest BCUT2D eigenvalue weighted by Gasteiger charge is -2.61. The predicted molar refractivity (Wildman–Crippen MR) is 108 cm³/mol. The molecule has 1 saturated heterocycles. The fraction of sp³-hybridized carbons (Fsp3) is 0.667. The van der Waals surface area contributed by atoms with E-state index in [-0.39, 0.29) is 18.2 Å². The van der Waals surface area contributed by atoms with Gasteiger partial charge in [0.2, 0.25) is 0 Å². The second kappa shape index (κ2) is 6.45. The van der Waals surface area contributed by atoms with Crippen LogP contribution in [-0.4, -0.2) is 35.9 Å². The number of hydrogen-bond acceptors (Lipinski definition) is 8. The van der Waals surface area contributed by atoms with Gasteiger partial charge in [0.1, 0.15) is 11.9 Å². The van der Waals surface area contributed by atoms with Gasteiger partial charge in [0.05, 0.1) is 11.7 Å². The normalized spacial score (nSPS) is 44.4. The summed E-state index contributed by atoms with van der Waals surface area (Å²) in [6, 6.07) is 3.56. The molecule has 1 aliphatic heterocycles. The zero-order chi connectivity index (χ0) is 23.1. The minimum Gasteiger partial charge on any atom is -0.465 e. The van der Waals surface area contributed by atoms with Crippen molar-refractivity contribution in [1.82, 2.24) is 0 Å². The molecule has 32 heavy (non-hydrogen) atoms. The van der Waals surface area contributed by atoms with Gasteiger partial charge in [-0.1, -0.05) is 13.8 Å². The Morgan fingerprint density at radius 1 is 1.06 bits per heavy atom. The molecular weight excluding hydrogens is 416 g/mol. The van der Waals surface area contributed by atoms with Gasteiger partial charge >= 0.3 is 17.9 Å². The van der Waals surface area contributed by atoms with E-state index >= 15 is 0 Å². The van der Waals surface area contributed by atoms with Gasteiger partial charge in [-0.15, -0.1) is 0 Å². The lowest BCUT2D eigenvalue weighted by Crippen LogP contribution is -2.67. The van der Waals surface area contributed by atoms with Crippen LogP contribution in [0.25, 0.3) is 0 Å². The molecule has 0 amide bonds. The predicted octanol–water partition coefficient (Wildman–Crippen LogP) is 3.07. The maximum Gasteiger partial charge on any atom is 0.313 e. The van der Waals surface area contributed by atoms with Gasteiger partial charge in [0.15, 0.2) is 17.5 Å². The molecule has 2 bridgehead atoms. The molecule has 1 aromatic rings. The number of carbonyl (C=O) groups is 4. The summed E-state index contributed by atoms with van der Waals surface area (Å²) in [7, 11) is 0. The standard InChI is InChI=1S/C24H28O8/c1-13(25)30-15-10-17(31-14(2)26)21(3)7-8-23-12-24(32-20(23)28,16-6-5-9-29-16)11-22(23,4)19(21)18(15)27/h5-6,9,15,17,19H,7-8,10-12H2,1-4H3/t15-,17+,19-,21-,22+,23-,24+/m0/s1. The monoisotopic (exact) mass is 444 g/mol. The molecule has 0 N–H and O–H groups in total. The van der Waals surface area contributed by atoms with E-state index in [1.807, 2.05) is 13.8 Å². The molecule has 1 aromatic heterocycles. The van der Waals surface area contributed by atoms with Gasteiger partial charge in [-0.3, -0.25) is 19.2 Å². The van der Waals surface area contributed by atoms with Crippen LogP contribution in [0.3, 0.4) is 0 Å². The fourth-order valence-corrected chi connectivity index (χ4v) is 7.58. The molecule has 4 fully saturated rings. The zero-order valence-electron chi connectivity index (χ0n) is 18.8. The van der Waals surface area contributed by atoms with Crippen LogP contribution in [0, 0.1) is 22.2 Å². The minimum atomic E-state index is -1.02. The highest BCUT2D eigenvalue weighted by Crippen LogP contribution is 2.77. The zero-order valence-corrected chi connectivity index (χ0v) is 18.8. The maximum atomic E-state index is 13.9. The van der Waals surface area contributed by atoms with E-state index < -0.39 is 51.9 Å². The Labute approximate surface area is 185 Å². The van der Waals surface area contributed by atoms with Crippen molar-refractivity contribution < 1.29 is 37.8 Å². The van der Waals surface area contributed by atoms with Gasteiger partial charge in [-0.2, -0.15) is 0 Å². The van der Waals surface area contributed by atoms with Crippen molar-refractivity contribution in [3.05, 3.63) is 24.2 Å². The van der Waals surface area contributed by atoms with E-state index in [1.54, 1.807) is 18.4 Å². The summed E-state index contributed by atoms with van der Waals surface area (Å²) in [6.07, 6.45) is 1.98. The summed E-state index contributed by atoms with van der Waals surface area (Å²) in [5, 5.41) is 0. The second-order valence-corrected chi connectivity index (χ2v) is 10.5. The number of rotatable bonds is 3. The first-order valence-corrected chi connectivity index (χ1v) is 11.1. The average Bonchev–Trinajstić information content (AvgIpc) is 3.36. The van der Waals surface area contributed by atoms with Crippen LogP contribution in [0.1, 0.15) is 65.6 Å². The minimum absolute atomic E-state index is 0.127. The molecule has 0 unspecified atom stereocenters. The largest absolute Gasteiger partial charge is 0.465 e. The van der Waals surface area contributed by atoms with E-state index in [0.717, 1.165) is 0 Å².